The van der Waals surface area contributed by atoms with E-state index in [9.17, 15) is 14.4 Å². The van der Waals surface area contributed by atoms with E-state index in [0.29, 0.717) is 47.7 Å². The Balaban J connectivity index is 1.17. The summed E-state index contributed by atoms with van der Waals surface area (Å²) < 4.78 is 0. The SMILES string of the molecule is N=Cc1cc(C(=O)NCC(=O)N2CCc3sc(C(=O)NCc4cccc5ccccc45)cc3C2)ccc1N. The zero-order valence-corrected chi connectivity index (χ0v) is 21.4. The quantitative estimate of drug-likeness (QED) is 0.217. The van der Waals surface area contributed by atoms with Crippen LogP contribution in [0.4, 0.5) is 5.69 Å². The first kappa shape index (κ1) is 25.2. The maximum absolute atomic E-state index is 12.9. The lowest BCUT2D eigenvalue weighted by molar-refractivity contribution is -0.131. The molecule has 3 aromatic carbocycles. The van der Waals surface area contributed by atoms with Gasteiger partial charge >= 0.3 is 0 Å². The summed E-state index contributed by atoms with van der Waals surface area (Å²) in [5.41, 5.74) is 8.99. The van der Waals surface area contributed by atoms with Crippen LogP contribution in [-0.4, -0.2) is 41.9 Å². The van der Waals surface area contributed by atoms with Crippen molar-refractivity contribution in [2.24, 2.45) is 0 Å². The highest BCUT2D eigenvalue weighted by Gasteiger charge is 2.25. The number of anilines is 1. The molecule has 0 aliphatic carbocycles. The highest BCUT2D eigenvalue weighted by atomic mass is 32.1. The Morgan fingerprint density at radius 2 is 1.82 bits per heavy atom. The molecule has 192 valence electrons. The average molecular weight is 526 g/mol. The normalized spacial score (nSPS) is 12.6. The second-order valence-corrected chi connectivity index (χ2v) is 10.3. The van der Waals surface area contributed by atoms with Gasteiger partial charge in [-0.05, 0) is 52.6 Å². The lowest BCUT2D eigenvalue weighted by atomic mass is 10.0. The number of benzene rings is 3. The zero-order valence-electron chi connectivity index (χ0n) is 20.6. The number of nitrogens with one attached hydrogen (secondary N) is 3. The van der Waals surface area contributed by atoms with Crippen LogP contribution in [0.1, 0.15) is 41.6 Å². The number of nitrogen functional groups attached to an aromatic ring is 1. The predicted octanol–water partition coefficient (Wildman–Crippen LogP) is 3.73. The number of carbonyl (C=O) groups excluding carboxylic acids is 3. The van der Waals surface area contributed by atoms with Gasteiger partial charge in [-0.2, -0.15) is 0 Å². The summed E-state index contributed by atoms with van der Waals surface area (Å²) in [4.78, 5) is 41.6. The van der Waals surface area contributed by atoms with Gasteiger partial charge in [0.1, 0.15) is 0 Å². The maximum Gasteiger partial charge on any atom is 0.261 e. The van der Waals surface area contributed by atoms with E-state index in [1.54, 1.807) is 17.0 Å². The number of nitrogens with zero attached hydrogens (tertiary/aromatic N) is 1. The van der Waals surface area contributed by atoms with Crippen molar-refractivity contribution >= 4 is 51.7 Å². The average Bonchev–Trinajstić information content (AvgIpc) is 3.38. The first-order valence-electron chi connectivity index (χ1n) is 12.3. The first-order chi connectivity index (χ1) is 18.4. The molecule has 5 rings (SSSR count). The fourth-order valence-corrected chi connectivity index (χ4v) is 5.66. The van der Waals surface area contributed by atoms with Gasteiger partial charge in [-0.3, -0.25) is 14.4 Å². The molecule has 1 aromatic heterocycles. The van der Waals surface area contributed by atoms with Crippen molar-refractivity contribution in [1.82, 2.24) is 15.5 Å². The minimum absolute atomic E-state index is 0.129. The van der Waals surface area contributed by atoms with Gasteiger partial charge in [-0.15, -0.1) is 11.3 Å². The summed E-state index contributed by atoms with van der Waals surface area (Å²) in [6, 6.07) is 20.7. The molecular weight excluding hydrogens is 498 g/mol. The van der Waals surface area contributed by atoms with Crippen LogP contribution >= 0.6 is 11.3 Å². The van der Waals surface area contributed by atoms with Crippen molar-refractivity contribution in [2.45, 2.75) is 19.5 Å². The summed E-state index contributed by atoms with van der Waals surface area (Å²) in [6.45, 7) is 1.22. The molecule has 3 amide bonds. The molecule has 0 unspecified atom stereocenters. The molecule has 0 saturated carbocycles. The lowest BCUT2D eigenvalue weighted by Crippen LogP contribution is -2.42. The molecule has 0 saturated heterocycles. The Hall–Kier alpha value is -4.50. The van der Waals surface area contributed by atoms with E-state index in [0.717, 1.165) is 33.0 Å². The van der Waals surface area contributed by atoms with Crippen molar-refractivity contribution in [3.63, 3.8) is 0 Å². The van der Waals surface area contributed by atoms with Gasteiger partial charge < -0.3 is 26.7 Å². The zero-order chi connectivity index (χ0) is 26.6. The summed E-state index contributed by atoms with van der Waals surface area (Å²) in [5.74, 6) is -0.727. The van der Waals surface area contributed by atoms with Crippen LogP contribution in [0, 0.1) is 5.41 Å². The lowest BCUT2D eigenvalue weighted by Gasteiger charge is -2.27. The Kier molecular flexibility index (Phi) is 7.19. The van der Waals surface area contributed by atoms with Crippen LogP contribution in [0.2, 0.25) is 0 Å². The molecule has 5 N–H and O–H groups in total. The Bertz CT molecular complexity index is 1560. The van der Waals surface area contributed by atoms with Crippen LogP contribution < -0.4 is 16.4 Å². The van der Waals surface area contributed by atoms with Crippen molar-refractivity contribution in [3.05, 3.63) is 98.7 Å². The minimum Gasteiger partial charge on any atom is -0.398 e. The van der Waals surface area contributed by atoms with Crippen molar-refractivity contribution < 1.29 is 14.4 Å². The minimum atomic E-state index is -0.403. The molecule has 0 fully saturated rings. The number of nitrogens with two attached hydrogens (primary N) is 1. The fourth-order valence-electron chi connectivity index (χ4n) is 4.58. The molecule has 1 aliphatic rings. The van der Waals surface area contributed by atoms with Crippen LogP contribution in [0.3, 0.4) is 0 Å². The van der Waals surface area contributed by atoms with Crippen molar-refractivity contribution in [1.29, 1.82) is 5.41 Å². The van der Waals surface area contributed by atoms with Crippen LogP contribution in [0.25, 0.3) is 10.8 Å². The monoisotopic (exact) mass is 525 g/mol. The third-order valence-corrected chi connectivity index (χ3v) is 7.90. The van der Waals surface area contributed by atoms with Gasteiger partial charge in [-0.1, -0.05) is 42.5 Å². The Morgan fingerprint density at radius 1 is 1.00 bits per heavy atom. The fraction of sp³-hybridized carbons (Fsp3) is 0.172. The number of thiophene rings is 1. The predicted molar refractivity (Wildman–Crippen MR) is 150 cm³/mol. The molecule has 0 spiro atoms. The van der Waals surface area contributed by atoms with Gasteiger partial charge in [0, 0.05) is 47.5 Å². The van der Waals surface area contributed by atoms with Gasteiger partial charge in [0.2, 0.25) is 5.91 Å². The smallest absolute Gasteiger partial charge is 0.261 e. The summed E-state index contributed by atoms with van der Waals surface area (Å²) in [5, 5.41) is 15.3. The molecule has 0 radical (unpaired) electrons. The topological polar surface area (TPSA) is 128 Å². The van der Waals surface area contributed by atoms with E-state index in [4.69, 9.17) is 11.1 Å². The van der Waals surface area contributed by atoms with E-state index < -0.39 is 5.91 Å². The molecule has 9 heteroatoms. The largest absolute Gasteiger partial charge is 0.398 e. The number of rotatable bonds is 7. The number of hydrogen-bond donors (Lipinski definition) is 4. The van der Waals surface area contributed by atoms with Crippen LogP contribution in [0.15, 0.2) is 66.7 Å². The van der Waals surface area contributed by atoms with Crippen molar-refractivity contribution in [3.8, 4) is 0 Å². The molecule has 4 aromatic rings. The van der Waals surface area contributed by atoms with Crippen molar-refractivity contribution in [2.75, 3.05) is 18.8 Å². The second-order valence-electron chi connectivity index (χ2n) is 9.12. The number of amides is 3. The summed E-state index contributed by atoms with van der Waals surface area (Å²) in [6.07, 6.45) is 1.75. The van der Waals surface area contributed by atoms with Gasteiger partial charge in [0.25, 0.3) is 11.8 Å². The van der Waals surface area contributed by atoms with Gasteiger partial charge in [0.05, 0.1) is 11.4 Å². The maximum atomic E-state index is 12.9. The van der Waals surface area contributed by atoms with E-state index in [2.05, 4.69) is 28.8 Å². The third kappa shape index (κ3) is 5.28. The van der Waals surface area contributed by atoms with E-state index in [1.807, 2.05) is 30.3 Å². The Labute approximate surface area is 224 Å². The second kappa shape index (κ2) is 10.9. The van der Waals surface area contributed by atoms with Gasteiger partial charge in [-0.25, -0.2) is 0 Å². The van der Waals surface area contributed by atoms with Crippen LogP contribution in [0.5, 0.6) is 0 Å². The number of carbonyl (C=O) groups is 3. The third-order valence-electron chi connectivity index (χ3n) is 6.67. The first-order valence-corrected chi connectivity index (χ1v) is 13.1. The summed E-state index contributed by atoms with van der Waals surface area (Å²) >= 11 is 1.47. The highest BCUT2D eigenvalue weighted by molar-refractivity contribution is 7.14. The highest BCUT2D eigenvalue weighted by Crippen LogP contribution is 2.28. The molecular formula is C29H27N5O3S. The molecule has 0 bridgehead atoms. The molecule has 8 nitrogen and oxygen atoms in total. The standard InChI is InChI=1S/C29H27N5O3S/c30-14-21-12-19(8-9-24(21)31)28(36)33-16-27(35)34-11-10-25-22(17-34)13-26(38-25)29(37)32-15-20-6-3-5-18-4-1-2-7-23(18)20/h1-9,12-14,30H,10-11,15-17,31H2,(H,32,37)(H,33,36). The number of hydrogen-bond acceptors (Lipinski definition) is 6. The molecule has 38 heavy (non-hydrogen) atoms. The number of fused-ring (bicyclic) bond motifs is 2. The molecule has 0 atom stereocenters. The summed E-state index contributed by atoms with van der Waals surface area (Å²) in [7, 11) is 0. The van der Waals surface area contributed by atoms with E-state index in [1.165, 1.54) is 17.4 Å². The Morgan fingerprint density at radius 3 is 2.66 bits per heavy atom. The molecule has 1 aliphatic heterocycles. The van der Waals surface area contributed by atoms with Crippen LogP contribution in [-0.2, 0) is 24.3 Å². The van der Waals surface area contributed by atoms with E-state index >= 15 is 0 Å². The van der Waals surface area contributed by atoms with E-state index in [-0.39, 0.29) is 18.4 Å². The molecule has 2 heterocycles. The van der Waals surface area contributed by atoms with Gasteiger partial charge in [0.15, 0.2) is 0 Å².